The minimum absolute atomic E-state index is 0. The van der Waals surface area contributed by atoms with Gasteiger partial charge in [-0.3, -0.25) is 9.59 Å². The Hall–Kier alpha value is -3.21. The highest BCUT2D eigenvalue weighted by Crippen LogP contribution is 2.34. The number of anilines is 4. The van der Waals surface area contributed by atoms with Gasteiger partial charge in [0.05, 0.1) is 54.4 Å². The zero-order chi connectivity index (χ0) is 29.2. The fourth-order valence-corrected chi connectivity index (χ4v) is 6.51. The summed E-state index contributed by atoms with van der Waals surface area (Å²) >= 11 is 0. The van der Waals surface area contributed by atoms with Crippen LogP contribution in [0.2, 0.25) is 0 Å². The number of nitrogens with two attached hydrogens (primary N) is 4. The van der Waals surface area contributed by atoms with Gasteiger partial charge in [-0.1, -0.05) is 0 Å². The summed E-state index contributed by atoms with van der Waals surface area (Å²) in [6, 6.07) is 15.8. The standard InChI is InChI=1S/C16H24N4O.C14H22N4O.ClH/c1-20(8-2-3-9-20)14-10-15(16(18)21)19(11-14)13-6-4-12(17)5-7-13;1-18(2,3)12-8-13(14(16)19)17(9-12)11-6-4-10(15)5-7-11;/h4-7,14-15H,2-3,8-11,17H2,1H3,(H-,18,21);4-7,12-13H,8-9,15H2,1-3H3,(H-,16,19);1H/p+2. The number of nitrogens with zero attached hydrogens (tertiary/aromatic N) is 4. The summed E-state index contributed by atoms with van der Waals surface area (Å²) in [5, 5.41) is 0. The van der Waals surface area contributed by atoms with Crippen LogP contribution < -0.4 is 32.7 Å². The van der Waals surface area contributed by atoms with E-state index in [9.17, 15) is 9.59 Å². The number of amides is 2. The number of benzene rings is 2. The van der Waals surface area contributed by atoms with Crippen molar-refractivity contribution in [3.05, 3.63) is 48.5 Å². The number of nitrogen functional groups attached to an aromatic ring is 2. The maximum Gasteiger partial charge on any atom is 0.240 e. The molecule has 2 amide bonds. The van der Waals surface area contributed by atoms with Gasteiger partial charge >= 0.3 is 0 Å². The van der Waals surface area contributed by atoms with Crippen LogP contribution in [0.25, 0.3) is 0 Å². The first kappa shape index (κ1) is 32.3. The summed E-state index contributed by atoms with van der Waals surface area (Å²) in [5.74, 6) is -0.479. The molecule has 2 aromatic carbocycles. The number of likely N-dealkylation sites (N-methyl/N-ethyl adjacent to an activating group) is 2. The summed E-state index contributed by atoms with van der Waals surface area (Å²) in [5.41, 5.74) is 26.2. The van der Waals surface area contributed by atoms with Crippen molar-refractivity contribution in [2.75, 3.05) is 75.6 Å². The highest BCUT2D eigenvalue weighted by molar-refractivity contribution is 5.86. The molecule has 3 aliphatic heterocycles. The molecular formula is C30H49ClN8O2+2. The van der Waals surface area contributed by atoms with Crippen LogP contribution in [-0.4, -0.2) is 99.3 Å². The monoisotopic (exact) mass is 588 g/mol. The third kappa shape index (κ3) is 7.36. The van der Waals surface area contributed by atoms with E-state index in [1.807, 2.05) is 48.5 Å². The molecule has 0 aliphatic carbocycles. The number of quaternary nitrogens is 2. The van der Waals surface area contributed by atoms with Crippen molar-refractivity contribution in [3.8, 4) is 0 Å². The number of carbonyl (C=O) groups excluding carboxylic acids is 2. The average Bonchev–Trinajstić information content (AvgIpc) is 3.64. The predicted octanol–water partition coefficient (Wildman–Crippen LogP) is 1.77. The van der Waals surface area contributed by atoms with E-state index in [0.717, 1.165) is 57.6 Å². The maximum atomic E-state index is 11.9. The first-order valence-corrected chi connectivity index (χ1v) is 14.3. The largest absolute Gasteiger partial charge is 0.399 e. The van der Waals surface area contributed by atoms with Gasteiger partial charge in [0, 0.05) is 48.4 Å². The molecule has 3 fully saturated rings. The molecule has 3 heterocycles. The van der Waals surface area contributed by atoms with Gasteiger partial charge in [-0.15, -0.1) is 12.4 Å². The van der Waals surface area contributed by atoms with E-state index in [-0.39, 0.29) is 36.3 Å². The van der Waals surface area contributed by atoms with Crippen LogP contribution in [0.15, 0.2) is 48.5 Å². The van der Waals surface area contributed by atoms with Gasteiger partial charge in [0.25, 0.3) is 0 Å². The molecule has 8 N–H and O–H groups in total. The molecule has 0 aromatic heterocycles. The Bertz CT molecular complexity index is 1180. The number of primary amides is 2. The molecule has 4 unspecified atom stereocenters. The van der Waals surface area contributed by atoms with Crippen LogP contribution in [-0.2, 0) is 9.59 Å². The molecule has 4 atom stereocenters. The Kier molecular flexibility index (Phi) is 10.0. The lowest BCUT2D eigenvalue weighted by molar-refractivity contribution is -0.919. The van der Waals surface area contributed by atoms with Gasteiger partial charge in [-0.25, -0.2) is 0 Å². The summed E-state index contributed by atoms with van der Waals surface area (Å²) in [6.07, 6.45) is 4.23. The Balaban J connectivity index is 0.000000221. The summed E-state index contributed by atoms with van der Waals surface area (Å²) in [7, 11) is 8.77. The predicted molar refractivity (Wildman–Crippen MR) is 170 cm³/mol. The molecule has 0 bridgehead atoms. The van der Waals surface area contributed by atoms with E-state index in [2.05, 4.69) is 38.0 Å². The average molecular weight is 589 g/mol. The molecule has 2 aromatic rings. The summed E-state index contributed by atoms with van der Waals surface area (Å²) in [6.45, 7) is 4.16. The lowest BCUT2D eigenvalue weighted by Crippen LogP contribution is -2.51. The van der Waals surface area contributed by atoms with Crippen LogP contribution in [0.1, 0.15) is 25.7 Å². The number of hydrogen-bond donors (Lipinski definition) is 4. The van der Waals surface area contributed by atoms with E-state index in [4.69, 9.17) is 22.9 Å². The van der Waals surface area contributed by atoms with Crippen LogP contribution in [0, 0.1) is 0 Å². The van der Waals surface area contributed by atoms with Gasteiger partial charge in [-0.2, -0.15) is 0 Å². The molecule has 3 saturated heterocycles. The molecule has 226 valence electrons. The maximum absolute atomic E-state index is 11.9. The molecule has 11 heteroatoms. The Morgan fingerprint density at radius 3 is 1.59 bits per heavy atom. The Morgan fingerprint density at radius 1 is 0.756 bits per heavy atom. The SMILES string of the molecule is C[N+](C)(C)C1CC(C(N)=O)N(c2ccc(N)cc2)C1.C[N+]1(C2CC(C(N)=O)N(c3ccc(N)cc3)C2)CCCC1.Cl. The van der Waals surface area contributed by atoms with Gasteiger partial charge in [-0.05, 0) is 48.5 Å². The van der Waals surface area contributed by atoms with E-state index in [1.54, 1.807) is 0 Å². The minimum atomic E-state index is -0.257. The van der Waals surface area contributed by atoms with Crippen LogP contribution >= 0.6 is 12.4 Å². The van der Waals surface area contributed by atoms with Gasteiger partial charge in [0.1, 0.15) is 24.2 Å². The normalized spacial score (nSPS) is 25.3. The highest BCUT2D eigenvalue weighted by atomic mass is 35.5. The second-order valence-corrected chi connectivity index (χ2v) is 12.9. The highest BCUT2D eigenvalue weighted by Gasteiger charge is 2.46. The van der Waals surface area contributed by atoms with Crippen molar-refractivity contribution < 1.29 is 18.6 Å². The van der Waals surface area contributed by atoms with Crippen molar-refractivity contribution in [2.24, 2.45) is 11.5 Å². The number of rotatable bonds is 6. The van der Waals surface area contributed by atoms with E-state index < -0.39 is 0 Å². The van der Waals surface area contributed by atoms with Crippen molar-refractivity contribution in [3.63, 3.8) is 0 Å². The second kappa shape index (κ2) is 12.8. The fraction of sp³-hybridized carbons (Fsp3) is 0.533. The van der Waals surface area contributed by atoms with Crippen molar-refractivity contribution in [1.82, 2.24) is 0 Å². The molecule has 41 heavy (non-hydrogen) atoms. The molecule has 10 nitrogen and oxygen atoms in total. The van der Waals surface area contributed by atoms with E-state index in [1.165, 1.54) is 25.9 Å². The number of carbonyl (C=O) groups is 2. The van der Waals surface area contributed by atoms with E-state index >= 15 is 0 Å². The van der Waals surface area contributed by atoms with Crippen molar-refractivity contribution >= 4 is 47.0 Å². The van der Waals surface area contributed by atoms with Crippen LogP contribution in [0.4, 0.5) is 22.7 Å². The molecular weight excluding hydrogens is 540 g/mol. The number of likely N-dealkylation sites (tertiary alicyclic amines) is 1. The smallest absolute Gasteiger partial charge is 0.240 e. The van der Waals surface area contributed by atoms with E-state index in [0.29, 0.717) is 12.1 Å². The van der Waals surface area contributed by atoms with Gasteiger partial charge < -0.3 is 41.7 Å². The number of hydrogen-bond acceptors (Lipinski definition) is 6. The molecule has 5 rings (SSSR count). The van der Waals surface area contributed by atoms with Crippen LogP contribution in [0.3, 0.4) is 0 Å². The first-order valence-electron chi connectivity index (χ1n) is 14.3. The van der Waals surface area contributed by atoms with Crippen LogP contribution in [0.5, 0.6) is 0 Å². The van der Waals surface area contributed by atoms with Gasteiger partial charge in [0.2, 0.25) is 11.8 Å². The fourth-order valence-electron chi connectivity index (χ4n) is 6.51. The molecule has 0 spiro atoms. The second-order valence-electron chi connectivity index (χ2n) is 12.9. The minimum Gasteiger partial charge on any atom is -0.399 e. The van der Waals surface area contributed by atoms with Crippen molar-refractivity contribution in [2.45, 2.75) is 49.9 Å². The lowest BCUT2D eigenvalue weighted by atomic mass is 10.1. The van der Waals surface area contributed by atoms with Gasteiger partial charge in [0.15, 0.2) is 0 Å². The summed E-state index contributed by atoms with van der Waals surface area (Å²) in [4.78, 5) is 27.8. The van der Waals surface area contributed by atoms with Crippen molar-refractivity contribution in [1.29, 1.82) is 0 Å². The topological polar surface area (TPSA) is 145 Å². The third-order valence-corrected chi connectivity index (χ3v) is 9.23. The number of halogens is 1. The Morgan fingerprint density at radius 2 is 1.17 bits per heavy atom. The molecule has 0 radical (unpaired) electrons. The Labute approximate surface area is 250 Å². The quantitative estimate of drug-likeness (QED) is 0.299. The molecule has 0 saturated carbocycles. The zero-order valence-corrected chi connectivity index (χ0v) is 25.7. The molecule has 3 aliphatic rings. The summed E-state index contributed by atoms with van der Waals surface area (Å²) < 4.78 is 1.91. The lowest BCUT2D eigenvalue weighted by Gasteiger charge is -2.35. The first-order chi connectivity index (χ1) is 18.8. The zero-order valence-electron chi connectivity index (χ0n) is 24.9. The third-order valence-electron chi connectivity index (χ3n) is 9.23.